The summed E-state index contributed by atoms with van der Waals surface area (Å²) in [6.07, 6.45) is -3.67. The minimum absolute atomic E-state index is 0.140. The number of hydrogen-bond acceptors (Lipinski definition) is 4. The van der Waals surface area contributed by atoms with E-state index in [1.54, 1.807) is 6.92 Å². The molecular weight excluding hydrogens is 319 g/mol. The zero-order valence-corrected chi connectivity index (χ0v) is 12.5. The molecule has 1 heterocycles. The highest BCUT2D eigenvalue weighted by molar-refractivity contribution is 8.01. The van der Waals surface area contributed by atoms with Gasteiger partial charge in [-0.25, -0.2) is 0 Å². The molecule has 0 saturated carbocycles. The molecule has 4 nitrogen and oxygen atoms in total. The predicted octanol–water partition coefficient (Wildman–Crippen LogP) is 3.41. The van der Waals surface area contributed by atoms with Gasteiger partial charge in [0.1, 0.15) is 0 Å². The van der Waals surface area contributed by atoms with Crippen molar-refractivity contribution in [2.24, 2.45) is 0 Å². The molecule has 8 heteroatoms. The smallest absolute Gasteiger partial charge is 0.416 e. The molecule has 0 bridgehead atoms. The summed E-state index contributed by atoms with van der Waals surface area (Å²) in [5, 5.41) is 0. The molecule has 1 aliphatic rings. The van der Waals surface area contributed by atoms with Crippen molar-refractivity contribution >= 4 is 29.3 Å². The summed E-state index contributed by atoms with van der Waals surface area (Å²) in [6.45, 7) is 1.81. The summed E-state index contributed by atoms with van der Waals surface area (Å²) in [4.78, 5) is 24.8. The lowest BCUT2D eigenvalue weighted by molar-refractivity contribution is -0.149. The number of esters is 1. The Balaban J connectivity index is 2.11. The third kappa shape index (κ3) is 3.73. The van der Waals surface area contributed by atoms with Crippen LogP contribution in [0, 0.1) is 0 Å². The number of thioether (sulfide) groups is 1. The molecule has 0 aromatic heterocycles. The van der Waals surface area contributed by atoms with Gasteiger partial charge >= 0.3 is 12.1 Å². The second-order valence-electron chi connectivity index (χ2n) is 4.68. The molecule has 1 amide bonds. The van der Waals surface area contributed by atoms with Crippen LogP contribution in [0.2, 0.25) is 0 Å². The van der Waals surface area contributed by atoms with Crippen LogP contribution in [-0.2, 0) is 20.5 Å². The van der Waals surface area contributed by atoms with Gasteiger partial charge in [0, 0.05) is 12.1 Å². The number of halogens is 3. The Bertz CT molecular complexity index is 577. The molecule has 0 radical (unpaired) electrons. The van der Waals surface area contributed by atoms with Crippen molar-refractivity contribution in [3.63, 3.8) is 0 Å². The number of benzene rings is 1. The van der Waals surface area contributed by atoms with Crippen LogP contribution in [0.4, 0.5) is 18.9 Å². The lowest BCUT2D eigenvalue weighted by Crippen LogP contribution is -2.31. The Hall–Kier alpha value is -1.70. The third-order valence-electron chi connectivity index (χ3n) is 3.00. The highest BCUT2D eigenvalue weighted by atomic mass is 32.2. The van der Waals surface area contributed by atoms with Gasteiger partial charge in [0.2, 0.25) is 5.44 Å². The topological polar surface area (TPSA) is 46.6 Å². The number of alkyl halides is 3. The molecule has 1 aromatic rings. The van der Waals surface area contributed by atoms with E-state index in [4.69, 9.17) is 4.74 Å². The maximum atomic E-state index is 12.7. The van der Waals surface area contributed by atoms with Crippen LogP contribution >= 0.6 is 11.8 Å². The van der Waals surface area contributed by atoms with Crippen LogP contribution in [-0.4, -0.2) is 23.2 Å². The van der Waals surface area contributed by atoms with Crippen molar-refractivity contribution < 1.29 is 27.5 Å². The van der Waals surface area contributed by atoms with Crippen LogP contribution in [0.25, 0.3) is 0 Å². The zero-order valence-electron chi connectivity index (χ0n) is 11.7. The van der Waals surface area contributed by atoms with Crippen molar-refractivity contribution in [2.45, 2.75) is 31.4 Å². The average molecular weight is 333 g/mol. The minimum Gasteiger partial charge on any atom is -0.441 e. The van der Waals surface area contributed by atoms with Crippen molar-refractivity contribution in [3.8, 4) is 0 Å². The van der Waals surface area contributed by atoms with Gasteiger partial charge in [0.15, 0.2) is 0 Å². The minimum atomic E-state index is -4.47. The van der Waals surface area contributed by atoms with E-state index in [2.05, 4.69) is 0 Å². The number of anilines is 1. The van der Waals surface area contributed by atoms with Crippen LogP contribution in [0.5, 0.6) is 0 Å². The second-order valence-corrected chi connectivity index (χ2v) is 5.70. The average Bonchev–Trinajstić information content (AvgIpc) is 2.80. The van der Waals surface area contributed by atoms with Gasteiger partial charge < -0.3 is 4.74 Å². The summed E-state index contributed by atoms with van der Waals surface area (Å²) >= 11 is 1.07. The Labute approximate surface area is 129 Å². The first kappa shape index (κ1) is 16.7. The maximum Gasteiger partial charge on any atom is 0.416 e. The zero-order chi connectivity index (χ0) is 16.3. The van der Waals surface area contributed by atoms with Crippen molar-refractivity contribution in [3.05, 3.63) is 29.8 Å². The van der Waals surface area contributed by atoms with Crippen LogP contribution in [0.1, 0.15) is 25.3 Å². The fraction of sp³-hybridized carbons (Fsp3) is 0.429. The number of nitrogens with zero attached hydrogens (tertiary/aromatic N) is 1. The summed E-state index contributed by atoms with van der Waals surface area (Å²) in [5.74, 6) is -0.863. The molecule has 0 N–H and O–H groups in total. The Morgan fingerprint density at radius 2 is 2.18 bits per heavy atom. The van der Waals surface area contributed by atoms with Gasteiger partial charge in [-0.1, -0.05) is 24.8 Å². The maximum absolute atomic E-state index is 12.7. The van der Waals surface area contributed by atoms with E-state index in [0.717, 1.165) is 23.9 Å². The van der Waals surface area contributed by atoms with Crippen molar-refractivity contribution in [2.75, 3.05) is 10.8 Å². The second kappa shape index (κ2) is 6.60. The fourth-order valence-electron chi connectivity index (χ4n) is 1.92. The van der Waals surface area contributed by atoms with E-state index in [9.17, 15) is 22.8 Å². The van der Waals surface area contributed by atoms with Crippen molar-refractivity contribution in [1.82, 2.24) is 0 Å². The normalized spacial score (nSPS) is 18.6. The largest absolute Gasteiger partial charge is 0.441 e. The third-order valence-corrected chi connectivity index (χ3v) is 4.01. The first-order valence-corrected chi connectivity index (χ1v) is 7.67. The van der Waals surface area contributed by atoms with Crippen molar-refractivity contribution in [1.29, 1.82) is 0 Å². The van der Waals surface area contributed by atoms with E-state index in [-0.39, 0.29) is 18.0 Å². The number of ether oxygens (including phenoxy) is 1. The van der Waals surface area contributed by atoms with E-state index in [1.165, 1.54) is 17.0 Å². The SMILES string of the molecule is CCCC(=O)OC1SCN(c2cccc(C(F)(F)F)c2)C1=O. The molecular formula is C14H14F3NO3S. The lowest BCUT2D eigenvalue weighted by atomic mass is 10.2. The van der Waals surface area contributed by atoms with Gasteiger partial charge in [-0.05, 0) is 24.6 Å². The molecule has 22 heavy (non-hydrogen) atoms. The Morgan fingerprint density at radius 3 is 2.82 bits per heavy atom. The molecule has 1 saturated heterocycles. The molecule has 1 unspecified atom stereocenters. The first-order chi connectivity index (χ1) is 10.3. The molecule has 2 rings (SSSR count). The molecule has 120 valence electrons. The molecule has 1 aliphatic heterocycles. The first-order valence-electron chi connectivity index (χ1n) is 6.62. The van der Waals surface area contributed by atoms with Gasteiger partial charge in [-0.2, -0.15) is 13.2 Å². The monoisotopic (exact) mass is 333 g/mol. The molecule has 1 aromatic carbocycles. The number of rotatable bonds is 4. The van der Waals surface area contributed by atoms with E-state index in [0.29, 0.717) is 6.42 Å². The van der Waals surface area contributed by atoms with E-state index >= 15 is 0 Å². The summed E-state index contributed by atoms with van der Waals surface area (Å²) in [5.41, 5.74) is -1.68. The number of carbonyl (C=O) groups excluding carboxylic acids is 2. The quantitative estimate of drug-likeness (QED) is 0.792. The lowest BCUT2D eigenvalue weighted by Gasteiger charge is -2.17. The van der Waals surface area contributed by atoms with Gasteiger partial charge in [0.25, 0.3) is 5.91 Å². The Morgan fingerprint density at radius 1 is 1.45 bits per heavy atom. The summed E-state index contributed by atoms with van der Waals surface area (Å²) in [7, 11) is 0. The Kier molecular flexibility index (Phi) is 5.00. The van der Waals surface area contributed by atoms with Crippen LogP contribution < -0.4 is 4.90 Å². The molecule has 1 atom stereocenters. The predicted molar refractivity (Wildman–Crippen MR) is 76.2 cm³/mol. The van der Waals surface area contributed by atoms with E-state index in [1.807, 2.05) is 0 Å². The molecule has 1 fully saturated rings. The van der Waals surface area contributed by atoms with Gasteiger partial charge in [-0.3, -0.25) is 14.5 Å². The number of hydrogen-bond donors (Lipinski definition) is 0. The van der Waals surface area contributed by atoms with E-state index < -0.39 is 29.1 Å². The molecule has 0 spiro atoms. The molecule has 0 aliphatic carbocycles. The number of carbonyl (C=O) groups is 2. The highest BCUT2D eigenvalue weighted by Gasteiger charge is 2.37. The fourth-order valence-corrected chi connectivity index (χ4v) is 2.93. The van der Waals surface area contributed by atoms with Gasteiger partial charge in [-0.15, -0.1) is 0 Å². The van der Waals surface area contributed by atoms with Gasteiger partial charge in [0.05, 0.1) is 11.4 Å². The van der Waals surface area contributed by atoms with Crippen LogP contribution in [0.15, 0.2) is 24.3 Å². The summed E-state index contributed by atoms with van der Waals surface area (Å²) in [6, 6.07) is 4.51. The highest BCUT2D eigenvalue weighted by Crippen LogP contribution is 2.35. The number of amides is 1. The van der Waals surface area contributed by atoms with Crippen LogP contribution in [0.3, 0.4) is 0 Å². The standard InChI is InChI=1S/C14H14F3NO3S/c1-2-4-11(19)21-13-12(20)18(8-22-13)10-6-3-5-9(7-10)14(15,16)17/h3,5-7,13H,2,4,8H2,1H3. The summed E-state index contributed by atoms with van der Waals surface area (Å²) < 4.78 is 43.1.